The molecule has 168 valence electrons. The minimum absolute atomic E-state index is 0.0807. The van der Waals surface area contributed by atoms with Crippen LogP contribution in [0.25, 0.3) is 0 Å². The van der Waals surface area contributed by atoms with E-state index in [1.165, 1.54) is 12.1 Å². The lowest BCUT2D eigenvalue weighted by molar-refractivity contribution is -0.121. The predicted octanol–water partition coefficient (Wildman–Crippen LogP) is 3.40. The van der Waals surface area contributed by atoms with Gasteiger partial charge in [-0.15, -0.1) is 0 Å². The van der Waals surface area contributed by atoms with Gasteiger partial charge in [0.05, 0.1) is 20.3 Å². The lowest BCUT2D eigenvalue weighted by atomic mass is 10.0. The van der Waals surface area contributed by atoms with Crippen LogP contribution in [-0.2, 0) is 11.2 Å². The molecule has 1 heterocycles. The van der Waals surface area contributed by atoms with Crippen LogP contribution in [0.3, 0.4) is 0 Å². The van der Waals surface area contributed by atoms with Gasteiger partial charge in [-0.25, -0.2) is 4.39 Å². The second-order valence-corrected chi connectivity index (χ2v) is 8.00. The van der Waals surface area contributed by atoms with E-state index < -0.39 is 0 Å². The van der Waals surface area contributed by atoms with Crippen molar-refractivity contribution in [2.75, 3.05) is 52.3 Å². The van der Waals surface area contributed by atoms with Crippen molar-refractivity contribution in [3.63, 3.8) is 0 Å². The third kappa shape index (κ3) is 6.10. The molecular formula is C24H32FN3O3. The summed E-state index contributed by atoms with van der Waals surface area (Å²) in [5.41, 5.74) is 2.75. The lowest BCUT2D eigenvalue weighted by Crippen LogP contribution is -2.45. The Labute approximate surface area is 183 Å². The van der Waals surface area contributed by atoms with Gasteiger partial charge < -0.3 is 24.6 Å². The molecule has 3 rings (SSSR count). The number of likely N-dealkylation sites (N-methyl/N-ethyl adjacent to an activating group) is 1. The molecule has 6 nitrogen and oxygen atoms in total. The van der Waals surface area contributed by atoms with E-state index in [9.17, 15) is 9.18 Å². The number of halogens is 1. The number of anilines is 1. The van der Waals surface area contributed by atoms with Crippen molar-refractivity contribution in [2.24, 2.45) is 0 Å². The molecule has 1 aliphatic heterocycles. The smallest absolute Gasteiger partial charge is 0.220 e. The number of benzene rings is 2. The van der Waals surface area contributed by atoms with Crippen LogP contribution < -0.4 is 19.7 Å². The summed E-state index contributed by atoms with van der Waals surface area (Å²) < 4.78 is 24.6. The van der Waals surface area contributed by atoms with Gasteiger partial charge in [-0.2, -0.15) is 0 Å². The van der Waals surface area contributed by atoms with E-state index in [0.29, 0.717) is 24.3 Å². The fourth-order valence-electron chi connectivity index (χ4n) is 3.87. The number of amides is 1. The van der Waals surface area contributed by atoms with E-state index in [-0.39, 0.29) is 17.8 Å². The van der Waals surface area contributed by atoms with Gasteiger partial charge in [-0.3, -0.25) is 4.79 Å². The normalized spacial score (nSPS) is 15.5. The second kappa shape index (κ2) is 10.5. The van der Waals surface area contributed by atoms with Crippen LogP contribution in [0.5, 0.6) is 11.5 Å². The molecule has 0 saturated carbocycles. The second-order valence-electron chi connectivity index (χ2n) is 8.00. The minimum Gasteiger partial charge on any atom is -0.497 e. The fourth-order valence-corrected chi connectivity index (χ4v) is 3.87. The Balaban J connectivity index is 1.65. The van der Waals surface area contributed by atoms with Crippen LogP contribution in [0, 0.1) is 5.82 Å². The van der Waals surface area contributed by atoms with Gasteiger partial charge in [0.2, 0.25) is 5.91 Å². The Bertz CT molecular complexity index is 875. The summed E-state index contributed by atoms with van der Waals surface area (Å²) in [5.74, 6) is 1.01. The number of hydrogen-bond acceptors (Lipinski definition) is 5. The van der Waals surface area contributed by atoms with Crippen molar-refractivity contribution < 1.29 is 18.7 Å². The minimum atomic E-state index is -0.294. The van der Waals surface area contributed by atoms with Crippen LogP contribution in [0.4, 0.5) is 10.1 Å². The summed E-state index contributed by atoms with van der Waals surface area (Å²) >= 11 is 0. The van der Waals surface area contributed by atoms with Crippen molar-refractivity contribution in [1.82, 2.24) is 10.2 Å². The number of piperazine rings is 1. The van der Waals surface area contributed by atoms with E-state index in [2.05, 4.69) is 22.2 Å². The van der Waals surface area contributed by atoms with Gasteiger partial charge in [0.25, 0.3) is 0 Å². The molecule has 1 N–H and O–H groups in total. The Hall–Kier alpha value is -2.80. The number of carbonyl (C=O) groups is 1. The molecule has 1 unspecified atom stereocenters. The van der Waals surface area contributed by atoms with E-state index in [4.69, 9.17) is 9.47 Å². The lowest BCUT2D eigenvalue weighted by Gasteiger charge is -2.36. The van der Waals surface area contributed by atoms with Crippen molar-refractivity contribution in [2.45, 2.75) is 25.8 Å². The van der Waals surface area contributed by atoms with Crippen molar-refractivity contribution in [1.29, 1.82) is 0 Å². The molecule has 1 aliphatic rings. The zero-order valence-electron chi connectivity index (χ0n) is 18.8. The molecule has 0 aliphatic carbocycles. The fraction of sp³-hybridized carbons (Fsp3) is 0.458. The molecule has 2 aromatic carbocycles. The molecule has 1 atom stereocenters. The first-order valence-electron chi connectivity index (χ1n) is 10.6. The highest BCUT2D eigenvalue weighted by Gasteiger charge is 2.21. The summed E-state index contributed by atoms with van der Waals surface area (Å²) in [4.78, 5) is 17.2. The maximum absolute atomic E-state index is 14.0. The van der Waals surface area contributed by atoms with Gasteiger partial charge in [0, 0.05) is 49.9 Å². The highest BCUT2D eigenvalue weighted by atomic mass is 19.1. The number of methoxy groups -OCH3 is 2. The monoisotopic (exact) mass is 429 g/mol. The van der Waals surface area contributed by atoms with Crippen LogP contribution in [0.15, 0.2) is 36.4 Å². The average Bonchev–Trinajstić information content (AvgIpc) is 2.78. The zero-order valence-corrected chi connectivity index (χ0v) is 18.8. The maximum Gasteiger partial charge on any atom is 0.220 e. The first-order chi connectivity index (χ1) is 14.9. The summed E-state index contributed by atoms with van der Waals surface area (Å²) in [6.07, 6.45) is 0.875. The molecule has 0 aromatic heterocycles. The van der Waals surface area contributed by atoms with Crippen molar-refractivity contribution in [3.8, 4) is 11.5 Å². The summed E-state index contributed by atoms with van der Waals surface area (Å²) in [7, 11) is 5.30. The zero-order chi connectivity index (χ0) is 22.4. The highest BCUT2D eigenvalue weighted by Crippen LogP contribution is 2.29. The Kier molecular flexibility index (Phi) is 7.74. The van der Waals surface area contributed by atoms with Gasteiger partial charge in [0.15, 0.2) is 0 Å². The van der Waals surface area contributed by atoms with E-state index in [1.54, 1.807) is 20.3 Å². The Morgan fingerprint density at radius 1 is 1.06 bits per heavy atom. The largest absolute Gasteiger partial charge is 0.497 e. The number of aryl methyl sites for hydroxylation is 1. The van der Waals surface area contributed by atoms with Crippen LogP contribution in [-0.4, -0.2) is 58.3 Å². The highest BCUT2D eigenvalue weighted by molar-refractivity contribution is 5.77. The molecular weight excluding hydrogens is 397 g/mol. The third-order valence-electron chi connectivity index (χ3n) is 5.73. The first-order valence-corrected chi connectivity index (χ1v) is 10.6. The van der Waals surface area contributed by atoms with E-state index in [1.807, 2.05) is 25.1 Å². The quantitative estimate of drug-likeness (QED) is 0.697. The molecule has 1 amide bonds. The number of hydrogen-bond donors (Lipinski definition) is 1. The van der Waals surface area contributed by atoms with E-state index in [0.717, 1.165) is 43.0 Å². The molecule has 0 radical (unpaired) electrons. The topological polar surface area (TPSA) is 54.0 Å². The molecule has 0 spiro atoms. The maximum atomic E-state index is 14.0. The number of nitrogens with zero attached hydrogens (tertiary/aromatic N) is 2. The van der Waals surface area contributed by atoms with Crippen molar-refractivity contribution >= 4 is 11.6 Å². The number of carbonyl (C=O) groups excluding carboxylic acids is 1. The van der Waals surface area contributed by atoms with Crippen molar-refractivity contribution in [3.05, 3.63) is 53.3 Å². The number of nitrogens with one attached hydrogen (secondary N) is 1. The first kappa shape index (κ1) is 22.9. The van der Waals surface area contributed by atoms with Gasteiger partial charge in [0.1, 0.15) is 17.3 Å². The van der Waals surface area contributed by atoms with Gasteiger partial charge in [-0.05, 0) is 56.3 Å². The molecule has 31 heavy (non-hydrogen) atoms. The standard InChI is InChI=1S/C24H32FN3O3/c1-17(22-15-19(25)6-7-23(22)28-11-9-27(2)10-12-28)26-24(29)8-5-18-13-20(30-3)16-21(14-18)31-4/h6-7,13-17H,5,8-12H2,1-4H3,(H,26,29). The summed E-state index contributed by atoms with van der Waals surface area (Å²) in [6.45, 7) is 5.59. The Morgan fingerprint density at radius 3 is 2.32 bits per heavy atom. The molecule has 1 saturated heterocycles. The molecule has 7 heteroatoms. The number of ether oxygens (including phenoxy) is 2. The average molecular weight is 430 g/mol. The molecule has 2 aromatic rings. The number of rotatable bonds is 8. The van der Waals surface area contributed by atoms with Crippen LogP contribution in [0.1, 0.15) is 30.5 Å². The molecule has 1 fully saturated rings. The SMILES string of the molecule is COc1cc(CCC(=O)NC(C)c2cc(F)ccc2N2CCN(C)CC2)cc(OC)c1. The van der Waals surface area contributed by atoms with Crippen LogP contribution in [0.2, 0.25) is 0 Å². The van der Waals surface area contributed by atoms with Gasteiger partial charge in [-0.1, -0.05) is 0 Å². The van der Waals surface area contributed by atoms with Crippen LogP contribution >= 0.6 is 0 Å². The predicted molar refractivity (Wildman–Crippen MR) is 121 cm³/mol. The molecule has 0 bridgehead atoms. The summed E-state index contributed by atoms with van der Waals surface area (Å²) in [6, 6.07) is 10.1. The van der Waals surface area contributed by atoms with E-state index >= 15 is 0 Å². The van der Waals surface area contributed by atoms with Gasteiger partial charge >= 0.3 is 0 Å². The Morgan fingerprint density at radius 2 is 1.71 bits per heavy atom. The summed E-state index contributed by atoms with van der Waals surface area (Å²) in [5, 5.41) is 3.03. The third-order valence-corrected chi connectivity index (χ3v) is 5.73.